The van der Waals surface area contributed by atoms with E-state index in [4.69, 9.17) is 4.42 Å². The van der Waals surface area contributed by atoms with Gasteiger partial charge in [-0.2, -0.15) is 0 Å². The number of benzene rings is 1. The lowest BCUT2D eigenvalue weighted by atomic mass is 10.2. The van der Waals surface area contributed by atoms with Gasteiger partial charge in [0.05, 0.1) is 12.8 Å². The first kappa shape index (κ1) is 15.3. The van der Waals surface area contributed by atoms with E-state index in [0.717, 1.165) is 22.7 Å². The summed E-state index contributed by atoms with van der Waals surface area (Å²) < 4.78 is 6.85. The lowest BCUT2D eigenvalue weighted by Gasteiger charge is -2.22. The van der Waals surface area contributed by atoms with E-state index in [0.29, 0.717) is 12.3 Å². The molecule has 2 aromatic heterocycles. The number of aryl methyl sites for hydroxylation is 1. The molecule has 1 amide bonds. The van der Waals surface area contributed by atoms with E-state index in [1.807, 2.05) is 43.3 Å². The highest BCUT2D eigenvalue weighted by molar-refractivity contribution is 7.07. The molecule has 23 heavy (non-hydrogen) atoms. The highest BCUT2D eigenvalue weighted by Gasteiger charge is 2.19. The number of anilines is 1. The molecule has 6 heteroatoms. The first-order valence-corrected chi connectivity index (χ1v) is 8.06. The van der Waals surface area contributed by atoms with Crippen molar-refractivity contribution >= 4 is 22.9 Å². The molecule has 0 N–H and O–H groups in total. The Hall–Kier alpha value is -2.60. The number of rotatable bonds is 5. The minimum absolute atomic E-state index is 0.0176. The fraction of sp³-hybridized carbons (Fsp3) is 0.176. The van der Waals surface area contributed by atoms with Crippen molar-refractivity contribution in [2.24, 2.45) is 0 Å². The summed E-state index contributed by atoms with van der Waals surface area (Å²) in [6.07, 6.45) is 1.58. The molecule has 1 aromatic carbocycles. The van der Waals surface area contributed by atoms with E-state index in [1.165, 1.54) is 4.57 Å². The van der Waals surface area contributed by atoms with Crippen molar-refractivity contribution < 1.29 is 9.21 Å². The van der Waals surface area contributed by atoms with Gasteiger partial charge in [-0.15, -0.1) is 0 Å². The summed E-state index contributed by atoms with van der Waals surface area (Å²) >= 11 is 1.10. The number of furan rings is 1. The molecule has 0 saturated carbocycles. The van der Waals surface area contributed by atoms with Crippen LogP contribution in [-0.4, -0.2) is 10.5 Å². The van der Waals surface area contributed by atoms with Crippen molar-refractivity contribution in [2.75, 3.05) is 4.90 Å². The summed E-state index contributed by atoms with van der Waals surface area (Å²) in [5.41, 5.74) is 1.56. The highest BCUT2D eigenvalue weighted by atomic mass is 32.1. The fourth-order valence-corrected chi connectivity index (χ4v) is 3.04. The van der Waals surface area contributed by atoms with Gasteiger partial charge in [0.1, 0.15) is 12.3 Å². The van der Waals surface area contributed by atoms with Crippen LogP contribution in [0.25, 0.3) is 0 Å². The van der Waals surface area contributed by atoms with Crippen LogP contribution in [0, 0.1) is 6.92 Å². The first-order chi connectivity index (χ1) is 11.1. The standard InChI is InChI=1S/C17H16N2O3S/c1-13-12-23-17(21)18(13)11-16(20)19(10-15-8-5-9-22-15)14-6-3-2-4-7-14/h2-9,12H,10-11H2,1H3. The van der Waals surface area contributed by atoms with Crippen LogP contribution in [-0.2, 0) is 17.9 Å². The maximum absolute atomic E-state index is 12.8. The Morgan fingerprint density at radius 2 is 2.00 bits per heavy atom. The summed E-state index contributed by atoms with van der Waals surface area (Å²) in [6.45, 7) is 2.17. The number of para-hydroxylation sites is 1. The third kappa shape index (κ3) is 3.43. The van der Waals surface area contributed by atoms with Gasteiger partial charge in [0.25, 0.3) is 0 Å². The zero-order valence-electron chi connectivity index (χ0n) is 12.6. The van der Waals surface area contributed by atoms with Crippen LogP contribution in [0.2, 0.25) is 0 Å². The van der Waals surface area contributed by atoms with Crippen LogP contribution in [0.15, 0.2) is 63.3 Å². The number of hydrogen-bond donors (Lipinski definition) is 0. The smallest absolute Gasteiger partial charge is 0.307 e. The molecule has 0 bridgehead atoms. The number of amides is 1. The van der Waals surface area contributed by atoms with Crippen LogP contribution >= 0.6 is 11.3 Å². The van der Waals surface area contributed by atoms with Crippen LogP contribution in [0.3, 0.4) is 0 Å². The third-order valence-electron chi connectivity index (χ3n) is 3.53. The summed E-state index contributed by atoms with van der Waals surface area (Å²) in [5, 5.41) is 1.76. The Morgan fingerprint density at radius 3 is 2.61 bits per heavy atom. The van der Waals surface area contributed by atoms with Gasteiger partial charge in [0.2, 0.25) is 5.91 Å². The summed E-state index contributed by atoms with van der Waals surface area (Å²) in [7, 11) is 0. The number of aromatic nitrogens is 1. The molecule has 3 aromatic rings. The van der Waals surface area contributed by atoms with Gasteiger partial charge in [-0.25, -0.2) is 0 Å². The normalized spacial score (nSPS) is 10.7. The van der Waals surface area contributed by atoms with E-state index in [9.17, 15) is 9.59 Å². The lowest BCUT2D eigenvalue weighted by Crippen LogP contribution is -2.35. The predicted molar refractivity (Wildman–Crippen MR) is 89.7 cm³/mol. The van der Waals surface area contributed by atoms with Gasteiger partial charge in [0.15, 0.2) is 0 Å². The van der Waals surface area contributed by atoms with Crippen molar-refractivity contribution in [1.82, 2.24) is 4.57 Å². The summed E-state index contributed by atoms with van der Waals surface area (Å²) in [5.74, 6) is 0.535. The van der Waals surface area contributed by atoms with Crippen molar-refractivity contribution in [3.63, 3.8) is 0 Å². The van der Waals surface area contributed by atoms with Gasteiger partial charge >= 0.3 is 4.87 Å². The van der Waals surface area contributed by atoms with Crippen molar-refractivity contribution in [2.45, 2.75) is 20.0 Å². The average molecular weight is 328 g/mol. The molecule has 0 radical (unpaired) electrons. The number of hydrogen-bond acceptors (Lipinski definition) is 4. The molecule has 118 valence electrons. The topological polar surface area (TPSA) is 55.5 Å². The molecule has 0 fully saturated rings. The molecular weight excluding hydrogens is 312 g/mol. The maximum atomic E-state index is 12.8. The van der Waals surface area contributed by atoms with Crippen molar-refractivity contribution in [1.29, 1.82) is 0 Å². The molecule has 0 aliphatic carbocycles. The third-order valence-corrected chi connectivity index (χ3v) is 4.41. The number of nitrogens with zero attached hydrogens (tertiary/aromatic N) is 2. The molecule has 0 aliphatic heterocycles. The molecule has 3 rings (SSSR count). The molecule has 0 spiro atoms. The van der Waals surface area contributed by atoms with Crippen molar-refractivity contribution in [3.05, 3.63) is 75.2 Å². The quantitative estimate of drug-likeness (QED) is 0.723. The molecule has 0 atom stereocenters. The van der Waals surface area contributed by atoms with Crippen LogP contribution in [0.5, 0.6) is 0 Å². The SMILES string of the molecule is Cc1csc(=O)n1CC(=O)N(Cc1ccco1)c1ccccc1. The Labute approximate surface area is 137 Å². The van der Waals surface area contributed by atoms with Gasteiger partial charge in [-0.1, -0.05) is 29.5 Å². The predicted octanol–water partition coefficient (Wildman–Crippen LogP) is 3.04. The van der Waals surface area contributed by atoms with E-state index >= 15 is 0 Å². The average Bonchev–Trinajstić information content (AvgIpc) is 3.18. The van der Waals surface area contributed by atoms with E-state index in [2.05, 4.69) is 0 Å². The monoisotopic (exact) mass is 328 g/mol. The minimum Gasteiger partial charge on any atom is -0.467 e. The first-order valence-electron chi connectivity index (χ1n) is 7.18. The fourth-order valence-electron chi connectivity index (χ4n) is 2.31. The molecule has 0 saturated heterocycles. The Balaban J connectivity index is 1.88. The second-order valence-corrected chi connectivity index (χ2v) is 5.94. The minimum atomic E-state index is -0.156. The van der Waals surface area contributed by atoms with Gasteiger partial charge in [-0.3, -0.25) is 14.2 Å². The van der Waals surface area contributed by atoms with Crippen LogP contribution in [0.1, 0.15) is 11.5 Å². The van der Waals surface area contributed by atoms with Gasteiger partial charge < -0.3 is 9.32 Å². The lowest BCUT2D eigenvalue weighted by molar-refractivity contribution is -0.119. The maximum Gasteiger partial charge on any atom is 0.307 e. The summed E-state index contributed by atoms with van der Waals surface area (Å²) in [6, 6.07) is 13.0. The van der Waals surface area contributed by atoms with E-state index < -0.39 is 0 Å². The van der Waals surface area contributed by atoms with Gasteiger partial charge in [0, 0.05) is 16.8 Å². The van der Waals surface area contributed by atoms with E-state index in [-0.39, 0.29) is 17.3 Å². The van der Waals surface area contributed by atoms with Gasteiger partial charge in [-0.05, 0) is 31.2 Å². The number of carbonyl (C=O) groups excluding carboxylic acids is 1. The second kappa shape index (κ2) is 6.66. The number of carbonyl (C=O) groups is 1. The highest BCUT2D eigenvalue weighted by Crippen LogP contribution is 2.18. The number of thiazole rings is 1. The Kier molecular flexibility index (Phi) is 4.43. The van der Waals surface area contributed by atoms with E-state index in [1.54, 1.807) is 22.6 Å². The zero-order chi connectivity index (χ0) is 16.2. The summed E-state index contributed by atoms with van der Waals surface area (Å²) in [4.78, 5) is 26.1. The molecule has 0 unspecified atom stereocenters. The van der Waals surface area contributed by atoms with Crippen molar-refractivity contribution in [3.8, 4) is 0 Å². The molecule has 0 aliphatic rings. The van der Waals surface area contributed by atoms with Crippen LogP contribution < -0.4 is 9.77 Å². The molecule has 2 heterocycles. The molecule has 5 nitrogen and oxygen atoms in total. The zero-order valence-corrected chi connectivity index (χ0v) is 13.5. The second-order valence-electron chi connectivity index (χ2n) is 5.12. The largest absolute Gasteiger partial charge is 0.467 e. The Morgan fingerprint density at radius 1 is 1.22 bits per heavy atom. The molecular formula is C17H16N2O3S. The van der Waals surface area contributed by atoms with Crippen LogP contribution in [0.4, 0.5) is 5.69 Å². The Bertz CT molecular complexity index is 834.